The van der Waals surface area contributed by atoms with Crippen LogP contribution in [0.2, 0.25) is 0 Å². The quantitative estimate of drug-likeness (QED) is 0.840. The molecular weight excluding hydrogens is 328 g/mol. The van der Waals surface area contributed by atoms with E-state index < -0.39 is 17.5 Å². The highest BCUT2D eigenvalue weighted by Crippen LogP contribution is 2.54. The smallest absolute Gasteiger partial charge is 0.309 e. The summed E-state index contributed by atoms with van der Waals surface area (Å²) in [4.78, 5) is 11.9. The van der Waals surface area contributed by atoms with E-state index in [-0.39, 0.29) is 24.0 Å². The minimum atomic E-state index is -0.776. The summed E-state index contributed by atoms with van der Waals surface area (Å²) in [5.74, 6) is -0.290. The zero-order chi connectivity index (χ0) is 18.6. The summed E-state index contributed by atoms with van der Waals surface area (Å²) in [6.07, 6.45) is 0.121. The summed E-state index contributed by atoms with van der Waals surface area (Å²) >= 11 is 0. The van der Waals surface area contributed by atoms with Gasteiger partial charge in [-0.15, -0.1) is 0 Å². The number of benzene rings is 2. The molecule has 4 rings (SSSR count). The number of carboxylic acid groups (broad SMARTS) is 1. The molecule has 1 fully saturated rings. The van der Waals surface area contributed by atoms with Gasteiger partial charge in [0.05, 0.1) is 18.1 Å². The minimum absolute atomic E-state index is 0.00286. The average molecular weight is 354 g/mol. The standard InChI is InChI=1S/C22H26O4/c1-12(2)19-15(21(23)24)11-16-20(25-19)18-14-8-6-5-7-13(14)9-10-17(18)26-22(16,3)4/h5-10,12,15-16,19-20H,11H2,1-4H3,(H,23,24)/t15-,16-,19-,20-/m1/s1. The molecule has 0 saturated carbocycles. The van der Waals surface area contributed by atoms with Crippen LogP contribution in [0.5, 0.6) is 5.75 Å². The molecule has 2 aliphatic rings. The molecule has 0 amide bonds. The zero-order valence-corrected chi connectivity index (χ0v) is 15.7. The molecule has 0 spiro atoms. The highest BCUT2D eigenvalue weighted by atomic mass is 16.5. The number of fused-ring (bicyclic) bond motifs is 5. The molecule has 4 atom stereocenters. The fourth-order valence-electron chi connectivity index (χ4n) is 4.69. The van der Waals surface area contributed by atoms with Crippen molar-refractivity contribution in [2.24, 2.45) is 17.8 Å². The second-order valence-corrected chi connectivity index (χ2v) is 8.46. The zero-order valence-electron chi connectivity index (χ0n) is 15.7. The predicted octanol–water partition coefficient (Wildman–Crippen LogP) is 4.81. The van der Waals surface area contributed by atoms with E-state index in [1.807, 2.05) is 45.9 Å². The van der Waals surface area contributed by atoms with Gasteiger partial charge in [-0.3, -0.25) is 4.79 Å². The number of hydrogen-bond donors (Lipinski definition) is 1. The molecule has 0 aromatic heterocycles. The van der Waals surface area contributed by atoms with E-state index in [9.17, 15) is 9.90 Å². The summed E-state index contributed by atoms with van der Waals surface area (Å²) < 4.78 is 12.9. The Morgan fingerprint density at radius 1 is 1.19 bits per heavy atom. The van der Waals surface area contributed by atoms with Crippen molar-refractivity contribution in [2.75, 3.05) is 0 Å². The first-order chi connectivity index (χ1) is 12.3. The van der Waals surface area contributed by atoms with E-state index >= 15 is 0 Å². The molecule has 2 aliphatic heterocycles. The first-order valence-corrected chi connectivity index (χ1v) is 9.38. The monoisotopic (exact) mass is 354 g/mol. The second-order valence-electron chi connectivity index (χ2n) is 8.46. The van der Waals surface area contributed by atoms with Crippen LogP contribution < -0.4 is 4.74 Å². The van der Waals surface area contributed by atoms with Crippen molar-refractivity contribution < 1.29 is 19.4 Å². The van der Waals surface area contributed by atoms with Gasteiger partial charge in [0.2, 0.25) is 0 Å². The van der Waals surface area contributed by atoms with Gasteiger partial charge in [0.25, 0.3) is 0 Å². The van der Waals surface area contributed by atoms with Crippen LogP contribution in [0.3, 0.4) is 0 Å². The van der Waals surface area contributed by atoms with Gasteiger partial charge in [-0.25, -0.2) is 0 Å². The largest absolute Gasteiger partial charge is 0.487 e. The molecule has 0 unspecified atom stereocenters. The fraction of sp³-hybridized carbons (Fsp3) is 0.500. The third-order valence-electron chi connectivity index (χ3n) is 6.03. The summed E-state index contributed by atoms with van der Waals surface area (Å²) in [5.41, 5.74) is 0.595. The Balaban J connectivity index is 1.88. The van der Waals surface area contributed by atoms with Crippen LogP contribution in [0.4, 0.5) is 0 Å². The van der Waals surface area contributed by atoms with Gasteiger partial charge in [-0.1, -0.05) is 44.2 Å². The fourth-order valence-corrected chi connectivity index (χ4v) is 4.69. The molecule has 2 aromatic carbocycles. The Morgan fingerprint density at radius 2 is 1.92 bits per heavy atom. The van der Waals surface area contributed by atoms with Crippen LogP contribution in [0.1, 0.15) is 45.8 Å². The molecule has 2 heterocycles. The number of carboxylic acids is 1. The molecule has 1 N–H and O–H groups in total. The third kappa shape index (κ3) is 2.59. The lowest BCUT2D eigenvalue weighted by Gasteiger charge is -2.51. The summed E-state index contributed by atoms with van der Waals surface area (Å²) in [6, 6.07) is 12.3. The molecule has 2 aromatic rings. The van der Waals surface area contributed by atoms with E-state index in [4.69, 9.17) is 9.47 Å². The Kier molecular flexibility index (Phi) is 3.99. The predicted molar refractivity (Wildman–Crippen MR) is 100 cm³/mol. The first-order valence-electron chi connectivity index (χ1n) is 9.38. The molecule has 26 heavy (non-hydrogen) atoms. The molecule has 4 heteroatoms. The number of rotatable bonds is 2. The lowest BCUT2D eigenvalue weighted by Crippen LogP contribution is -2.53. The Bertz CT molecular complexity index is 854. The maximum atomic E-state index is 11.9. The van der Waals surface area contributed by atoms with Crippen LogP contribution >= 0.6 is 0 Å². The van der Waals surface area contributed by atoms with Crippen LogP contribution in [-0.4, -0.2) is 22.8 Å². The number of hydrogen-bond acceptors (Lipinski definition) is 3. The van der Waals surface area contributed by atoms with Crippen molar-refractivity contribution >= 4 is 16.7 Å². The van der Waals surface area contributed by atoms with E-state index in [1.165, 1.54) is 0 Å². The van der Waals surface area contributed by atoms with Gasteiger partial charge in [0, 0.05) is 11.5 Å². The minimum Gasteiger partial charge on any atom is -0.487 e. The number of carbonyl (C=O) groups is 1. The number of aliphatic carboxylic acids is 1. The summed E-state index contributed by atoms with van der Waals surface area (Å²) in [6.45, 7) is 8.16. The van der Waals surface area contributed by atoms with Crippen molar-refractivity contribution in [1.29, 1.82) is 0 Å². The van der Waals surface area contributed by atoms with Crippen LogP contribution in [0, 0.1) is 17.8 Å². The normalized spacial score (nSPS) is 29.7. The van der Waals surface area contributed by atoms with Crippen molar-refractivity contribution in [3.05, 3.63) is 42.0 Å². The maximum absolute atomic E-state index is 11.9. The molecular formula is C22H26O4. The topological polar surface area (TPSA) is 55.8 Å². The Labute approximate surface area is 154 Å². The molecule has 138 valence electrons. The second kappa shape index (κ2) is 5.98. The van der Waals surface area contributed by atoms with Crippen molar-refractivity contribution in [1.82, 2.24) is 0 Å². The average Bonchev–Trinajstić information content (AvgIpc) is 2.59. The number of ether oxygens (including phenoxy) is 2. The first kappa shape index (κ1) is 17.3. The lowest BCUT2D eigenvalue weighted by molar-refractivity contribution is -0.195. The van der Waals surface area contributed by atoms with Gasteiger partial charge in [0.1, 0.15) is 11.4 Å². The molecule has 0 aliphatic carbocycles. The van der Waals surface area contributed by atoms with E-state index in [0.29, 0.717) is 6.42 Å². The van der Waals surface area contributed by atoms with Crippen LogP contribution in [0.15, 0.2) is 36.4 Å². The van der Waals surface area contributed by atoms with Gasteiger partial charge >= 0.3 is 5.97 Å². The highest BCUT2D eigenvalue weighted by molar-refractivity contribution is 5.88. The molecule has 1 saturated heterocycles. The van der Waals surface area contributed by atoms with Crippen molar-refractivity contribution in [3.8, 4) is 5.75 Å². The van der Waals surface area contributed by atoms with E-state index in [0.717, 1.165) is 22.1 Å². The third-order valence-corrected chi connectivity index (χ3v) is 6.03. The molecule has 4 nitrogen and oxygen atoms in total. The van der Waals surface area contributed by atoms with Crippen LogP contribution in [-0.2, 0) is 9.53 Å². The summed E-state index contributed by atoms with van der Waals surface area (Å²) in [7, 11) is 0. The van der Waals surface area contributed by atoms with E-state index in [1.54, 1.807) is 0 Å². The van der Waals surface area contributed by atoms with Gasteiger partial charge in [0.15, 0.2) is 0 Å². The van der Waals surface area contributed by atoms with E-state index in [2.05, 4.69) is 18.2 Å². The molecule has 0 bridgehead atoms. The SMILES string of the molecule is CC(C)[C@H]1O[C@H]2c3c(ccc4ccccc34)OC(C)(C)[C@@H]2C[C@H]1C(=O)O. The molecule has 0 radical (unpaired) electrons. The van der Waals surface area contributed by atoms with Crippen LogP contribution in [0.25, 0.3) is 10.8 Å². The maximum Gasteiger partial charge on any atom is 0.309 e. The van der Waals surface area contributed by atoms with Gasteiger partial charge in [-0.2, -0.15) is 0 Å². The highest BCUT2D eigenvalue weighted by Gasteiger charge is 2.52. The van der Waals surface area contributed by atoms with Crippen molar-refractivity contribution in [3.63, 3.8) is 0 Å². The summed E-state index contributed by atoms with van der Waals surface area (Å²) in [5, 5.41) is 12.0. The van der Waals surface area contributed by atoms with Gasteiger partial charge < -0.3 is 14.6 Å². The van der Waals surface area contributed by atoms with Crippen molar-refractivity contribution in [2.45, 2.75) is 51.9 Å². The Morgan fingerprint density at radius 3 is 2.62 bits per heavy atom. The lowest BCUT2D eigenvalue weighted by atomic mass is 9.70. The Hall–Kier alpha value is -2.07. The van der Waals surface area contributed by atoms with Gasteiger partial charge in [-0.05, 0) is 43.0 Å².